The summed E-state index contributed by atoms with van der Waals surface area (Å²) >= 11 is 0. The summed E-state index contributed by atoms with van der Waals surface area (Å²) in [5, 5.41) is 6.19. The smallest absolute Gasteiger partial charge is 0.315 e. The van der Waals surface area contributed by atoms with Crippen LogP contribution in [0.5, 0.6) is 11.5 Å². The monoisotopic (exact) mass is 311 g/mol. The Kier molecular flexibility index (Phi) is 3.10. The van der Waals surface area contributed by atoms with E-state index in [2.05, 4.69) is 20.4 Å². The first kappa shape index (κ1) is 11.4. The summed E-state index contributed by atoms with van der Waals surface area (Å²) in [7, 11) is 0. The van der Waals surface area contributed by atoms with Crippen LogP contribution in [0, 0.1) is 6.92 Å². The van der Waals surface area contributed by atoms with Crippen LogP contribution in [0.4, 0.5) is 5.82 Å². The Morgan fingerprint density at radius 3 is 3.04 bits per heavy atom. The number of pyridine rings is 2. The first-order chi connectivity index (χ1) is 12.4. The van der Waals surface area contributed by atoms with Crippen LogP contribution in [-0.2, 0) is 11.8 Å². The summed E-state index contributed by atoms with van der Waals surface area (Å²) in [6.45, 7) is -0.600. The molecule has 115 valence electrons. The van der Waals surface area contributed by atoms with Crippen LogP contribution in [0.15, 0.2) is 42.9 Å². The number of nitrogens with zero attached hydrogens (tertiary/aromatic N) is 4. The van der Waals surface area contributed by atoms with Gasteiger partial charge in [0.2, 0.25) is 0 Å². The van der Waals surface area contributed by atoms with Gasteiger partial charge >= 0.3 is 6.41 Å². The summed E-state index contributed by atoms with van der Waals surface area (Å²) in [5.41, 5.74) is 1.67. The number of aryl methyl sites for hydroxylation is 2. The number of hydrogen-bond acceptors (Lipinski definition) is 5. The Morgan fingerprint density at radius 1 is 1.39 bits per heavy atom. The molecule has 23 heavy (non-hydrogen) atoms. The Hall–Kier alpha value is -3.22. The normalized spacial score (nSPS) is 12.8. The van der Waals surface area contributed by atoms with Crippen LogP contribution in [0.3, 0.4) is 0 Å². The molecule has 3 aromatic rings. The molecular formula is C16H14N5O2. The van der Waals surface area contributed by atoms with Gasteiger partial charge in [0.1, 0.15) is 17.3 Å². The Balaban J connectivity index is 1.84. The second kappa shape index (κ2) is 6.27. The van der Waals surface area contributed by atoms with Gasteiger partial charge in [-0.15, -0.1) is 0 Å². The second-order valence-corrected chi connectivity index (χ2v) is 4.66. The van der Waals surface area contributed by atoms with E-state index in [1.54, 1.807) is 43.8 Å². The highest BCUT2D eigenvalue weighted by Gasteiger charge is 2.07. The van der Waals surface area contributed by atoms with E-state index in [9.17, 15) is 4.79 Å². The van der Waals surface area contributed by atoms with Gasteiger partial charge in [0.25, 0.3) is 0 Å². The fraction of sp³-hybridized carbons (Fsp3) is 0.125. The molecule has 0 aliphatic carbocycles. The van der Waals surface area contributed by atoms with Gasteiger partial charge in [-0.3, -0.25) is 14.5 Å². The van der Waals surface area contributed by atoms with Gasteiger partial charge in [0.05, 0.1) is 17.6 Å². The summed E-state index contributed by atoms with van der Waals surface area (Å²) < 4.78 is 28.8. The number of nitrogens with one attached hydrogen (secondary N) is 1. The molecule has 0 aliphatic rings. The first-order valence-corrected chi connectivity index (χ1v) is 6.67. The quantitative estimate of drug-likeness (QED) is 0.732. The molecule has 0 unspecified atom stereocenters. The molecule has 0 atom stereocenters. The van der Waals surface area contributed by atoms with Gasteiger partial charge < -0.3 is 10.1 Å². The SMILES string of the molecule is [2H]C([2H])([2H])n1cc(-c2cc(Oc3ccc(N[C]=O)nc3C)ccn2)cn1. The third-order valence-corrected chi connectivity index (χ3v) is 3.05. The molecule has 3 rings (SSSR count). The molecule has 0 spiro atoms. The molecule has 1 N–H and O–H groups in total. The number of hydrogen-bond donors (Lipinski definition) is 1. The van der Waals surface area contributed by atoms with Crippen LogP contribution < -0.4 is 10.1 Å². The van der Waals surface area contributed by atoms with Crippen LogP contribution in [0.2, 0.25) is 0 Å². The number of amides is 1. The van der Waals surface area contributed by atoms with E-state index in [1.165, 1.54) is 12.4 Å². The minimum atomic E-state index is -2.34. The zero-order valence-corrected chi connectivity index (χ0v) is 12.1. The highest BCUT2D eigenvalue weighted by molar-refractivity contribution is 5.69. The van der Waals surface area contributed by atoms with Crippen molar-refractivity contribution in [3.63, 3.8) is 0 Å². The van der Waals surface area contributed by atoms with E-state index in [-0.39, 0.29) is 0 Å². The van der Waals surface area contributed by atoms with Gasteiger partial charge in [-0.05, 0) is 25.1 Å². The van der Waals surface area contributed by atoms with E-state index in [0.29, 0.717) is 34.3 Å². The second-order valence-electron chi connectivity index (χ2n) is 4.66. The third kappa shape index (κ3) is 3.34. The summed E-state index contributed by atoms with van der Waals surface area (Å²) in [6, 6.07) is 6.61. The molecular weight excluding hydrogens is 294 g/mol. The Labute approximate surface area is 137 Å². The average molecular weight is 311 g/mol. The molecule has 7 heteroatoms. The molecule has 0 fully saturated rings. The molecule has 0 bridgehead atoms. The van der Waals surface area contributed by atoms with Crippen molar-refractivity contribution < 1.29 is 13.6 Å². The van der Waals surface area contributed by atoms with Crippen molar-refractivity contribution in [2.75, 3.05) is 5.32 Å². The number of anilines is 1. The lowest BCUT2D eigenvalue weighted by atomic mass is 10.2. The number of ether oxygens (including phenoxy) is 1. The van der Waals surface area contributed by atoms with Crippen molar-refractivity contribution in [3.05, 3.63) is 48.5 Å². The highest BCUT2D eigenvalue weighted by atomic mass is 16.5. The molecule has 0 saturated carbocycles. The standard InChI is InChI=1S/C16H14N5O2/c1-11-15(3-4-16(20-11)18-10-22)23-13-5-6-17-14(7-13)12-8-19-21(2)9-12/h3-9H,1-2H3,(H,18,20,22)/i2D3. The number of rotatable bonds is 5. The van der Waals surface area contributed by atoms with E-state index < -0.39 is 6.98 Å². The third-order valence-electron chi connectivity index (χ3n) is 3.05. The van der Waals surface area contributed by atoms with Gasteiger partial charge in [0, 0.05) is 35.1 Å². The van der Waals surface area contributed by atoms with Crippen molar-refractivity contribution in [2.45, 2.75) is 6.92 Å². The zero-order chi connectivity index (χ0) is 18.7. The topological polar surface area (TPSA) is 81.9 Å². The molecule has 7 nitrogen and oxygen atoms in total. The highest BCUT2D eigenvalue weighted by Crippen LogP contribution is 2.27. The Bertz CT molecular complexity index is 940. The lowest BCUT2D eigenvalue weighted by molar-refractivity contribution is 0.475. The largest absolute Gasteiger partial charge is 0.455 e. The molecule has 0 saturated heterocycles. The molecule has 3 heterocycles. The number of carbonyl (C=O) groups excluding carboxylic acids is 1. The fourth-order valence-corrected chi connectivity index (χ4v) is 1.99. The summed E-state index contributed by atoms with van der Waals surface area (Å²) in [6.07, 6.45) is 5.95. The average Bonchev–Trinajstić information content (AvgIpc) is 3.08. The van der Waals surface area contributed by atoms with E-state index in [0.717, 1.165) is 4.68 Å². The predicted molar refractivity (Wildman–Crippen MR) is 84.8 cm³/mol. The fourth-order valence-electron chi connectivity index (χ4n) is 1.99. The van der Waals surface area contributed by atoms with E-state index in [1.807, 2.05) is 0 Å². The predicted octanol–water partition coefficient (Wildman–Crippen LogP) is 2.46. The van der Waals surface area contributed by atoms with Crippen molar-refractivity contribution in [2.24, 2.45) is 6.98 Å². The minimum absolute atomic E-state index is 0.373. The maximum Gasteiger partial charge on any atom is 0.315 e. The zero-order valence-electron chi connectivity index (χ0n) is 15.1. The lowest BCUT2D eigenvalue weighted by Gasteiger charge is -2.09. The number of aromatic nitrogens is 4. The van der Waals surface area contributed by atoms with Crippen LogP contribution in [0.1, 0.15) is 9.81 Å². The maximum absolute atomic E-state index is 10.3. The molecule has 3 aromatic heterocycles. The molecule has 0 aromatic carbocycles. The van der Waals surface area contributed by atoms with Gasteiger partial charge in [-0.1, -0.05) is 0 Å². The molecule has 1 amide bonds. The van der Waals surface area contributed by atoms with Crippen LogP contribution >= 0.6 is 0 Å². The summed E-state index contributed by atoms with van der Waals surface area (Å²) in [5.74, 6) is 1.39. The minimum Gasteiger partial charge on any atom is -0.455 e. The van der Waals surface area contributed by atoms with Gasteiger partial charge in [-0.2, -0.15) is 5.10 Å². The Morgan fingerprint density at radius 2 is 2.30 bits per heavy atom. The van der Waals surface area contributed by atoms with Crippen LogP contribution in [-0.4, -0.2) is 26.2 Å². The van der Waals surface area contributed by atoms with Crippen molar-refractivity contribution in [1.29, 1.82) is 0 Å². The van der Waals surface area contributed by atoms with Crippen molar-refractivity contribution >= 4 is 12.2 Å². The van der Waals surface area contributed by atoms with E-state index in [4.69, 9.17) is 8.85 Å². The van der Waals surface area contributed by atoms with Gasteiger partial charge in [0.15, 0.2) is 0 Å². The summed E-state index contributed by atoms with van der Waals surface area (Å²) in [4.78, 5) is 18.7. The van der Waals surface area contributed by atoms with E-state index >= 15 is 0 Å². The molecule has 0 aliphatic heterocycles. The first-order valence-electron chi connectivity index (χ1n) is 8.17. The molecule has 1 radical (unpaired) electrons. The lowest BCUT2D eigenvalue weighted by Crippen LogP contribution is -1.99. The van der Waals surface area contributed by atoms with Crippen molar-refractivity contribution in [3.8, 4) is 22.8 Å². The van der Waals surface area contributed by atoms with Gasteiger partial charge in [-0.25, -0.2) is 4.98 Å². The van der Waals surface area contributed by atoms with Crippen molar-refractivity contribution in [1.82, 2.24) is 19.7 Å². The van der Waals surface area contributed by atoms with Crippen LogP contribution in [0.25, 0.3) is 11.3 Å². The maximum atomic E-state index is 10.3.